The lowest BCUT2D eigenvalue weighted by molar-refractivity contribution is 0.0624. The summed E-state index contributed by atoms with van der Waals surface area (Å²) in [5, 5.41) is 0. The lowest BCUT2D eigenvalue weighted by atomic mass is 9.98. The maximum Gasteiger partial charge on any atom is 0.272 e. The van der Waals surface area contributed by atoms with Gasteiger partial charge in [0.25, 0.3) is 5.91 Å². The van der Waals surface area contributed by atoms with Gasteiger partial charge in [0.15, 0.2) is 0 Å². The second-order valence-electron chi connectivity index (χ2n) is 6.14. The van der Waals surface area contributed by atoms with E-state index in [0.717, 1.165) is 30.9 Å². The van der Waals surface area contributed by atoms with Crippen LogP contribution in [0.2, 0.25) is 0 Å². The fraction of sp³-hybridized carbons (Fsp3) is 0.444. The molecule has 3 rings (SSSR count). The standard InChI is InChI=1S/C18H23N3O3/c1-20-13-19-10-17(20)18(22)21-8-4-5-14(11-21)12-24-16-7-3-6-15(9-16)23-2/h3,6-7,9-10,13-14H,4-5,8,11-12H2,1-2H3/t14-/m1/s1. The molecule has 0 saturated carbocycles. The predicted octanol–water partition coefficient (Wildman–Crippen LogP) is 2.36. The molecule has 1 saturated heterocycles. The van der Waals surface area contributed by atoms with E-state index in [4.69, 9.17) is 9.47 Å². The van der Waals surface area contributed by atoms with Crippen LogP contribution in [0.4, 0.5) is 0 Å². The van der Waals surface area contributed by atoms with Crippen LogP contribution in [0.1, 0.15) is 23.3 Å². The molecule has 1 aliphatic rings. The second-order valence-corrected chi connectivity index (χ2v) is 6.14. The zero-order chi connectivity index (χ0) is 16.9. The van der Waals surface area contributed by atoms with Crippen LogP contribution in [0.15, 0.2) is 36.8 Å². The second kappa shape index (κ2) is 7.38. The average Bonchev–Trinajstić information content (AvgIpc) is 3.05. The molecule has 6 heteroatoms. The van der Waals surface area contributed by atoms with Crippen LogP contribution in [0, 0.1) is 5.92 Å². The largest absolute Gasteiger partial charge is 0.497 e. The fourth-order valence-corrected chi connectivity index (χ4v) is 3.02. The van der Waals surface area contributed by atoms with Crippen LogP contribution in [0.25, 0.3) is 0 Å². The Balaban J connectivity index is 1.57. The smallest absolute Gasteiger partial charge is 0.272 e. The zero-order valence-corrected chi connectivity index (χ0v) is 14.1. The zero-order valence-electron chi connectivity index (χ0n) is 14.1. The summed E-state index contributed by atoms with van der Waals surface area (Å²) < 4.78 is 12.9. The molecular weight excluding hydrogens is 306 g/mol. The molecular formula is C18H23N3O3. The van der Waals surface area contributed by atoms with Gasteiger partial charge in [-0.2, -0.15) is 0 Å². The SMILES string of the molecule is COc1cccc(OC[C@@H]2CCCN(C(=O)c3cncn3C)C2)c1. The van der Waals surface area contributed by atoms with Crippen molar-refractivity contribution in [3.63, 3.8) is 0 Å². The van der Waals surface area contributed by atoms with Crippen LogP contribution in [-0.4, -0.2) is 47.2 Å². The van der Waals surface area contributed by atoms with Gasteiger partial charge in [0.05, 0.1) is 26.2 Å². The van der Waals surface area contributed by atoms with Crippen molar-refractivity contribution in [1.82, 2.24) is 14.5 Å². The predicted molar refractivity (Wildman–Crippen MR) is 90.3 cm³/mol. The Kier molecular flexibility index (Phi) is 5.03. The van der Waals surface area contributed by atoms with Gasteiger partial charge in [-0.3, -0.25) is 4.79 Å². The lowest BCUT2D eigenvalue weighted by Gasteiger charge is -2.32. The molecule has 0 N–H and O–H groups in total. The maximum absolute atomic E-state index is 12.6. The average molecular weight is 329 g/mol. The van der Waals surface area contributed by atoms with Gasteiger partial charge in [-0.05, 0) is 25.0 Å². The molecule has 6 nitrogen and oxygen atoms in total. The van der Waals surface area contributed by atoms with Crippen LogP contribution in [0.3, 0.4) is 0 Å². The number of hydrogen-bond acceptors (Lipinski definition) is 4. The Morgan fingerprint density at radius 1 is 1.38 bits per heavy atom. The van der Waals surface area contributed by atoms with Crippen LogP contribution in [-0.2, 0) is 7.05 Å². The van der Waals surface area contributed by atoms with Gasteiger partial charge in [0, 0.05) is 32.1 Å². The van der Waals surface area contributed by atoms with Crippen molar-refractivity contribution in [3.05, 3.63) is 42.5 Å². The van der Waals surface area contributed by atoms with E-state index < -0.39 is 0 Å². The van der Waals surface area contributed by atoms with E-state index in [9.17, 15) is 4.79 Å². The number of likely N-dealkylation sites (tertiary alicyclic amines) is 1. The topological polar surface area (TPSA) is 56.6 Å². The van der Waals surface area contributed by atoms with Gasteiger partial charge in [0.1, 0.15) is 17.2 Å². The third-order valence-corrected chi connectivity index (χ3v) is 4.37. The van der Waals surface area contributed by atoms with Crippen LogP contribution >= 0.6 is 0 Å². The van der Waals surface area contributed by atoms with Gasteiger partial charge in [-0.25, -0.2) is 4.98 Å². The highest BCUT2D eigenvalue weighted by molar-refractivity contribution is 5.92. The minimum atomic E-state index is 0.0427. The quantitative estimate of drug-likeness (QED) is 0.845. The molecule has 1 aliphatic heterocycles. The fourth-order valence-electron chi connectivity index (χ4n) is 3.02. The van der Waals surface area contributed by atoms with E-state index in [1.54, 1.807) is 24.2 Å². The summed E-state index contributed by atoms with van der Waals surface area (Å²) in [5.41, 5.74) is 0.629. The molecule has 24 heavy (non-hydrogen) atoms. The van der Waals surface area contributed by atoms with Crippen molar-refractivity contribution in [2.45, 2.75) is 12.8 Å². The minimum absolute atomic E-state index is 0.0427. The Bertz CT molecular complexity index is 698. The monoisotopic (exact) mass is 329 g/mol. The number of aromatic nitrogens is 2. The molecule has 0 spiro atoms. The molecule has 1 atom stereocenters. The number of rotatable bonds is 5. The number of hydrogen-bond donors (Lipinski definition) is 0. The summed E-state index contributed by atoms with van der Waals surface area (Å²) in [5.74, 6) is 1.96. The first-order chi connectivity index (χ1) is 11.7. The van der Waals surface area contributed by atoms with Gasteiger partial charge in [0.2, 0.25) is 0 Å². The first kappa shape index (κ1) is 16.4. The number of methoxy groups -OCH3 is 1. The molecule has 2 aromatic rings. The molecule has 1 fully saturated rings. The lowest BCUT2D eigenvalue weighted by Crippen LogP contribution is -2.42. The molecule has 128 valence electrons. The summed E-state index contributed by atoms with van der Waals surface area (Å²) >= 11 is 0. The number of ether oxygens (including phenoxy) is 2. The third kappa shape index (κ3) is 3.69. The van der Waals surface area contributed by atoms with E-state index in [-0.39, 0.29) is 5.91 Å². The number of carbonyl (C=O) groups excluding carboxylic acids is 1. The Morgan fingerprint density at radius 2 is 2.21 bits per heavy atom. The van der Waals surface area contributed by atoms with Crippen molar-refractivity contribution in [1.29, 1.82) is 0 Å². The number of benzene rings is 1. The summed E-state index contributed by atoms with van der Waals surface area (Å²) in [6.45, 7) is 2.11. The molecule has 1 aromatic heterocycles. The highest BCUT2D eigenvalue weighted by Gasteiger charge is 2.26. The Hall–Kier alpha value is -2.50. The van der Waals surface area contributed by atoms with E-state index in [0.29, 0.717) is 24.8 Å². The first-order valence-electron chi connectivity index (χ1n) is 8.20. The van der Waals surface area contributed by atoms with Crippen molar-refractivity contribution >= 4 is 5.91 Å². The molecule has 1 amide bonds. The van der Waals surface area contributed by atoms with Gasteiger partial charge >= 0.3 is 0 Å². The summed E-state index contributed by atoms with van der Waals surface area (Å²) in [4.78, 5) is 18.5. The molecule has 0 bridgehead atoms. The molecule has 0 aliphatic carbocycles. The van der Waals surface area contributed by atoms with E-state index in [2.05, 4.69) is 4.98 Å². The summed E-state index contributed by atoms with van der Waals surface area (Å²) in [7, 11) is 3.48. The maximum atomic E-state index is 12.6. The number of imidazole rings is 1. The highest BCUT2D eigenvalue weighted by Crippen LogP contribution is 2.22. The van der Waals surface area contributed by atoms with E-state index >= 15 is 0 Å². The minimum Gasteiger partial charge on any atom is -0.497 e. The number of amides is 1. The van der Waals surface area contributed by atoms with Gasteiger partial charge in [-0.1, -0.05) is 6.07 Å². The van der Waals surface area contributed by atoms with Crippen molar-refractivity contribution < 1.29 is 14.3 Å². The number of aryl methyl sites for hydroxylation is 1. The number of nitrogens with zero attached hydrogens (tertiary/aromatic N) is 3. The Morgan fingerprint density at radius 3 is 2.96 bits per heavy atom. The Labute approximate surface area is 142 Å². The van der Waals surface area contributed by atoms with Crippen molar-refractivity contribution in [2.24, 2.45) is 13.0 Å². The third-order valence-electron chi connectivity index (χ3n) is 4.37. The van der Waals surface area contributed by atoms with Crippen LogP contribution in [0.5, 0.6) is 11.5 Å². The van der Waals surface area contributed by atoms with Gasteiger partial charge < -0.3 is 18.9 Å². The highest BCUT2D eigenvalue weighted by atomic mass is 16.5. The molecule has 2 heterocycles. The normalized spacial score (nSPS) is 17.6. The van der Waals surface area contributed by atoms with Gasteiger partial charge in [-0.15, -0.1) is 0 Å². The number of carbonyl (C=O) groups is 1. The summed E-state index contributed by atoms with van der Waals surface area (Å²) in [6, 6.07) is 7.60. The van der Waals surface area contributed by atoms with E-state index in [1.165, 1.54) is 0 Å². The van der Waals surface area contributed by atoms with Crippen molar-refractivity contribution in [3.8, 4) is 11.5 Å². The van der Waals surface area contributed by atoms with E-state index in [1.807, 2.05) is 36.2 Å². The number of piperidine rings is 1. The molecule has 0 radical (unpaired) electrons. The van der Waals surface area contributed by atoms with Crippen LogP contribution < -0.4 is 9.47 Å². The summed E-state index contributed by atoms with van der Waals surface area (Å²) in [6.07, 6.45) is 5.34. The van der Waals surface area contributed by atoms with Crippen molar-refractivity contribution in [2.75, 3.05) is 26.8 Å². The molecule has 0 unspecified atom stereocenters. The first-order valence-corrected chi connectivity index (χ1v) is 8.20. The molecule has 1 aromatic carbocycles.